The van der Waals surface area contributed by atoms with Crippen molar-refractivity contribution in [2.45, 2.75) is 38.6 Å². The maximum absolute atomic E-state index is 14.4. The van der Waals surface area contributed by atoms with E-state index in [2.05, 4.69) is 11.4 Å². The van der Waals surface area contributed by atoms with E-state index in [0.717, 1.165) is 35.5 Å². The molecular formula is C29H36FN5O4. The normalized spacial score (nSPS) is 17.5. The molecule has 3 aromatic rings. The van der Waals surface area contributed by atoms with Crippen LogP contribution in [0.15, 0.2) is 35.1 Å². The van der Waals surface area contributed by atoms with Gasteiger partial charge in [-0.25, -0.2) is 9.37 Å². The molecule has 1 amide bonds. The van der Waals surface area contributed by atoms with Crippen molar-refractivity contribution < 1.29 is 19.0 Å². The molecule has 0 aliphatic carbocycles. The first kappa shape index (κ1) is 27.1. The van der Waals surface area contributed by atoms with Crippen molar-refractivity contribution >= 4 is 28.2 Å². The van der Waals surface area contributed by atoms with Crippen molar-refractivity contribution in [2.75, 3.05) is 56.2 Å². The lowest BCUT2D eigenvalue weighted by atomic mass is 9.97. The number of aliphatic hydroxyl groups excluding tert-OH is 1. The highest BCUT2D eigenvalue weighted by Gasteiger charge is 2.25. The van der Waals surface area contributed by atoms with Crippen molar-refractivity contribution in [3.8, 4) is 0 Å². The molecule has 0 bridgehead atoms. The summed E-state index contributed by atoms with van der Waals surface area (Å²) in [5, 5.41) is 13.3. The van der Waals surface area contributed by atoms with Crippen molar-refractivity contribution in [1.29, 1.82) is 0 Å². The first-order valence-corrected chi connectivity index (χ1v) is 13.6. The zero-order valence-corrected chi connectivity index (χ0v) is 22.7. The molecule has 0 saturated carbocycles. The van der Waals surface area contributed by atoms with Gasteiger partial charge in [0, 0.05) is 57.9 Å². The lowest BCUT2D eigenvalue weighted by Gasteiger charge is -2.37. The van der Waals surface area contributed by atoms with Gasteiger partial charge in [0.1, 0.15) is 18.2 Å². The van der Waals surface area contributed by atoms with E-state index in [1.807, 2.05) is 24.8 Å². The molecule has 0 spiro atoms. The molecular weight excluding hydrogens is 501 g/mol. The number of nitrogens with one attached hydrogen (secondary N) is 1. The van der Waals surface area contributed by atoms with Crippen LogP contribution in [0.5, 0.6) is 0 Å². The maximum Gasteiger partial charge on any atom is 0.261 e. The molecule has 10 heteroatoms. The Morgan fingerprint density at radius 3 is 2.59 bits per heavy atom. The first-order chi connectivity index (χ1) is 18.8. The number of hydrogen-bond donors (Lipinski definition) is 2. The fraction of sp³-hybridized carbons (Fsp3) is 0.483. The first-order valence-electron chi connectivity index (χ1n) is 13.6. The minimum absolute atomic E-state index is 0.0589. The predicted molar refractivity (Wildman–Crippen MR) is 149 cm³/mol. The van der Waals surface area contributed by atoms with E-state index in [1.54, 1.807) is 22.6 Å². The Bertz CT molecular complexity index is 1430. The van der Waals surface area contributed by atoms with Gasteiger partial charge >= 0.3 is 0 Å². The summed E-state index contributed by atoms with van der Waals surface area (Å²) in [6.07, 6.45) is 1.66. The van der Waals surface area contributed by atoms with Gasteiger partial charge in [-0.15, -0.1) is 0 Å². The van der Waals surface area contributed by atoms with Crippen LogP contribution in [0.3, 0.4) is 0 Å². The molecule has 39 heavy (non-hydrogen) atoms. The van der Waals surface area contributed by atoms with E-state index in [0.29, 0.717) is 56.0 Å². The fourth-order valence-corrected chi connectivity index (χ4v) is 5.72. The number of aryl methyl sites for hydroxylation is 1. The largest absolute Gasteiger partial charge is 0.387 e. The molecule has 208 valence electrons. The van der Waals surface area contributed by atoms with Gasteiger partial charge in [-0.1, -0.05) is 6.07 Å². The lowest BCUT2D eigenvalue weighted by molar-refractivity contribution is -0.134. The lowest BCUT2D eigenvalue weighted by Crippen LogP contribution is -2.49. The molecule has 5 rings (SSSR count). The standard InChI is InChI=1S/C29H36FN5O4/c1-18-14-22(27-23(15-18)29(38)33(3)28(32-27)20-6-12-39-13-7-20)19(2)31-24-5-4-21(30)16-25(24)34-8-10-35(11-9-34)26(37)17-36/h4-5,14-16,19-20,31,36H,6-13,17H2,1-3H3/t19-/m1/s1. The van der Waals surface area contributed by atoms with Gasteiger partial charge in [0.15, 0.2) is 0 Å². The summed E-state index contributed by atoms with van der Waals surface area (Å²) in [5.74, 6) is 0.305. The van der Waals surface area contributed by atoms with Crippen molar-refractivity contribution in [3.05, 3.63) is 63.5 Å². The number of carbonyl (C=O) groups excluding carboxylic acids is 1. The Balaban J connectivity index is 1.48. The summed E-state index contributed by atoms with van der Waals surface area (Å²) in [7, 11) is 1.79. The number of benzene rings is 2. The SMILES string of the molecule is Cc1cc([C@@H](C)Nc2ccc(F)cc2N2CCN(C(=O)CO)CC2)c2nc(C3CCOCC3)n(C)c(=O)c2c1. The Labute approximate surface area is 227 Å². The van der Waals surface area contributed by atoms with Crippen molar-refractivity contribution in [3.63, 3.8) is 0 Å². The van der Waals surface area contributed by atoms with E-state index in [-0.39, 0.29) is 29.2 Å². The molecule has 3 heterocycles. The average Bonchev–Trinajstić information content (AvgIpc) is 2.95. The van der Waals surface area contributed by atoms with Crippen LogP contribution in [0, 0.1) is 12.7 Å². The van der Waals surface area contributed by atoms with Crippen LogP contribution in [-0.4, -0.2) is 71.5 Å². The Morgan fingerprint density at radius 1 is 1.18 bits per heavy atom. The van der Waals surface area contributed by atoms with Crippen LogP contribution in [0.4, 0.5) is 15.8 Å². The number of aliphatic hydroxyl groups is 1. The summed E-state index contributed by atoms with van der Waals surface area (Å²) >= 11 is 0. The van der Waals surface area contributed by atoms with Gasteiger partial charge < -0.3 is 25.0 Å². The molecule has 2 aliphatic heterocycles. The van der Waals surface area contributed by atoms with Crippen LogP contribution in [0.2, 0.25) is 0 Å². The topological polar surface area (TPSA) is 99.9 Å². The van der Waals surface area contributed by atoms with Crippen LogP contribution in [0.1, 0.15) is 48.7 Å². The third-order valence-electron chi connectivity index (χ3n) is 7.88. The minimum atomic E-state index is -0.512. The van der Waals surface area contributed by atoms with Crippen LogP contribution >= 0.6 is 0 Å². The van der Waals surface area contributed by atoms with Crippen molar-refractivity contribution in [2.24, 2.45) is 7.05 Å². The average molecular weight is 538 g/mol. The molecule has 2 aliphatic rings. The second-order valence-electron chi connectivity index (χ2n) is 10.5. The second-order valence-corrected chi connectivity index (χ2v) is 10.5. The molecule has 1 aromatic heterocycles. The van der Waals surface area contributed by atoms with E-state index in [4.69, 9.17) is 9.72 Å². The number of amides is 1. The summed E-state index contributed by atoms with van der Waals surface area (Å²) in [6.45, 7) is 6.76. The summed E-state index contributed by atoms with van der Waals surface area (Å²) in [6, 6.07) is 8.38. The molecule has 0 unspecified atom stereocenters. The van der Waals surface area contributed by atoms with Gasteiger partial charge in [-0.3, -0.25) is 14.2 Å². The number of aromatic nitrogens is 2. The fourth-order valence-electron chi connectivity index (χ4n) is 5.72. The van der Waals surface area contributed by atoms with Gasteiger partial charge in [0.25, 0.3) is 5.56 Å². The molecule has 2 N–H and O–H groups in total. The van der Waals surface area contributed by atoms with E-state index >= 15 is 0 Å². The molecule has 1 atom stereocenters. The Morgan fingerprint density at radius 2 is 1.90 bits per heavy atom. The predicted octanol–water partition coefficient (Wildman–Crippen LogP) is 3.09. The number of rotatable bonds is 6. The smallest absolute Gasteiger partial charge is 0.261 e. The van der Waals surface area contributed by atoms with Gasteiger partial charge in [0.05, 0.1) is 28.3 Å². The molecule has 9 nitrogen and oxygen atoms in total. The monoisotopic (exact) mass is 537 g/mol. The zero-order valence-electron chi connectivity index (χ0n) is 22.7. The highest BCUT2D eigenvalue weighted by Crippen LogP contribution is 2.34. The van der Waals surface area contributed by atoms with Crippen molar-refractivity contribution in [1.82, 2.24) is 14.5 Å². The Kier molecular flexibility index (Phi) is 7.86. The summed E-state index contributed by atoms with van der Waals surface area (Å²) in [5.41, 5.74) is 3.97. The molecule has 0 radical (unpaired) electrons. The number of halogens is 1. The third-order valence-corrected chi connectivity index (χ3v) is 7.88. The molecule has 2 fully saturated rings. The summed E-state index contributed by atoms with van der Waals surface area (Å²) in [4.78, 5) is 34.1. The van der Waals surface area contributed by atoms with Crippen LogP contribution < -0.4 is 15.8 Å². The zero-order chi connectivity index (χ0) is 27.7. The highest BCUT2D eigenvalue weighted by molar-refractivity contribution is 5.83. The third kappa shape index (κ3) is 5.49. The molecule has 2 aromatic carbocycles. The number of ether oxygens (including phenoxy) is 1. The van der Waals surface area contributed by atoms with E-state index in [9.17, 15) is 19.1 Å². The Hall–Kier alpha value is -3.50. The molecule has 2 saturated heterocycles. The maximum atomic E-state index is 14.4. The number of anilines is 2. The van der Waals surface area contributed by atoms with Crippen LogP contribution in [0.25, 0.3) is 10.9 Å². The number of piperazine rings is 1. The van der Waals surface area contributed by atoms with E-state index < -0.39 is 6.61 Å². The van der Waals surface area contributed by atoms with Gasteiger partial charge in [-0.2, -0.15) is 0 Å². The van der Waals surface area contributed by atoms with Crippen LogP contribution in [-0.2, 0) is 16.6 Å². The number of fused-ring (bicyclic) bond motifs is 1. The summed E-state index contributed by atoms with van der Waals surface area (Å²) < 4.78 is 21.6. The minimum Gasteiger partial charge on any atom is -0.387 e. The highest BCUT2D eigenvalue weighted by atomic mass is 19.1. The number of carbonyl (C=O) groups is 1. The number of hydrogen-bond acceptors (Lipinski definition) is 7. The number of nitrogens with zero attached hydrogens (tertiary/aromatic N) is 4. The van der Waals surface area contributed by atoms with E-state index in [1.165, 1.54) is 12.1 Å². The van der Waals surface area contributed by atoms with Gasteiger partial charge in [0.2, 0.25) is 5.91 Å². The quantitative estimate of drug-likeness (QED) is 0.499. The second kappa shape index (κ2) is 11.3. The van der Waals surface area contributed by atoms with Gasteiger partial charge in [-0.05, 0) is 56.5 Å².